The van der Waals surface area contributed by atoms with Crippen molar-refractivity contribution in [2.45, 2.75) is 12.5 Å². The highest BCUT2D eigenvalue weighted by atomic mass is 35.5. The van der Waals surface area contributed by atoms with Gasteiger partial charge >= 0.3 is 0 Å². The summed E-state index contributed by atoms with van der Waals surface area (Å²) in [5, 5.41) is 13.7. The van der Waals surface area contributed by atoms with E-state index in [4.69, 9.17) is 16.3 Å². The van der Waals surface area contributed by atoms with Crippen LogP contribution < -0.4 is 10.1 Å². The van der Waals surface area contributed by atoms with Gasteiger partial charge < -0.3 is 15.2 Å². The highest BCUT2D eigenvalue weighted by molar-refractivity contribution is 6.32. The molecule has 2 unspecified atom stereocenters. The van der Waals surface area contributed by atoms with Crippen LogP contribution in [0, 0.1) is 5.92 Å². The maximum absolute atomic E-state index is 9.89. The SMILES string of the molecule is OC(COc1ccccc1Cl)C1CCNC1. The molecular formula is C12H16ClNO2. The van der Waals surface area contributed by atoms with Gasteiger partial charge in [-0.1, -0.05) is 23.7 Å². The third-order valence-corrected chi connectivity index (χ3v) is 3.20. The van der Waals surface area contributed by atoms with Gasteiger partial charge in [-0.25, -0.2) is 0 Å². The predicted octanol–water partition coefficient (Wildman–Crippen LogP) is 1.69. The van der Waals surface area contributed by atoms with Gasteiger partial charge in [-0.3, -0.25) is 0 Å². The van der Waals surface area contributed by atoms with Crippen LogP contribution in [0.1, 0.15) is 6.42 Å². The molecule has 1 heterocycles. The summed E-state index contributed by atoms with van der Waals surface area (Å²) in [4.78, 5) is 0. The van der Waals surface area contributed by atoms with E-state index in [0.29, 0.717) is 23.3 Å². The van der Waals surface area contributed by atoms with Crippen LogP contribution in [0.3, 0.4) is 0 Å². The average molecular weight is 242 g/mol. The number of rotatable bonds is 4. The van der Waals surface area contributed by atoms with Gasteiger partial charge in [0.05, 0.1) is 11.1 Å². The van der Waals surface area contributed by atoms with Crippen molar-refractivity contribution >= 4 is 11.6 Å². The molecule has 1 aromatic rings. The Bertz CT molecular complexity index is 340. The highest BCUT2D eigenvalue weighted by Gasteiger charge is 2.23. The quantitative estimate of drug-likeness (QED) is 0.843. The lowest BCUT2D eigenvalue weighted by Gasteiger charge is -2.17. The third-order valence-electron chi connectivity index (χ3n) is 2.89. The largest absolute Gasteiger partial charge is 0.489 e. The van der Waals surface area contributed by atoms with Crippen molar-refractivity contribution in [2.24, 2.45) is 5.92 Å². The zero-order valence-corrected chi connectivity index (χ0v) is 9.78. The third kappa shape index (κ3) is 2.88. The van der Waals surface area contributed by atoms with Crippen molar-refractivity contribution in [3.05, 3.63) is 29.3 Å². The number of nitrogens with one attached hydrogen (secondary N) is 1. The summed E-state index contributed by atoms with van der Waals surface area (Å²) >= 11 is 5.95. The zero-order chi connectivity index (χ0) is 11.4. The number of para-hydroxylation sites is 1. The molecule has 1 saturated heterocycles. The van der Waals surface area contributed by atoms with Crippen LogP contribution in [0.2, 0.25) is 5.02 Å². The molecule has 3 nitrogen and oxygen atoms in total. The van der Waals surface area contributed by atoms with Crippen molar-refractivity contribution < 1.29 is 9.84 Å². The van der Waals surface area contributed by atoms with E-state index in [1.807, 2.05) is 18.2 Å². The number of benzene rings is 1. The molecule has 1 aliphatic heterocycles. The van der Waals surface area contributed by atoms with Crippen LogP contribution >= 0.6 is 11.6 Å². The van der Waals surface area contributed by atoms with E-state index in [1.54, 1.807) is 6.07 Å². The van der Waals surface area contributed by atoms with Gasteiger partial charge in [0.15, 0.2) is 0 Å². The minimum atomic E-state index is -0.425. The monoisotopic (exact) mass is 241 g/mol. The Morgan fingerprint density at radius 2 is 2.31 bits per heavy atom. The number of hydrogen-bond acceptors (Lipinski definition) is 3. The number of aliphatic hydroxyl groups is 1. The lowest BCUT2D eigenvalue weighted by Crippen LogP contribution is -2.28. The normalized spacial score (nSPS) is 22.0. The Morgan fingerprint density at radius 1 is 1.50 bits per heavy atom. The fourth-order valence-electron chi connectivity index (χ4n) is 1.88. The molecule has 0 radical (unpaired) electrons. The fourth-order valence-corrected chi connectivity index (χ4v) is 2.07. The number of aliphatic hydroxyl groups excluding tert-OH is 1. The van der Waals surface area contributed by atoms with Gasteiger partial charge in [0, 0.05) is 12.5 Å². The number of ether oxygens (including phenoxy) is 1. The summed E-state index contributed by atoms with van der Waals surface area (Å²) < 4.78 is 5.50. The van der Waals surface area contributed by atoms with E-state index < -0.39 is 6.10 Å². The van der Waals surface area contributed by atoms with Crippen molar-refractivity contribution in [2.75, 3.05) is 19.7 Å². The molecular weight excluding hydrogens is 226 g/mol. The lowest BCUT2D eigenvalue weighted by molar-refractivity contribution is 0.0641. The van der Waals surface area contributed by atoms with E-state index >= 15 is 0 Å². The Kier molecular flexibility index (Phi) is 4.04. The van der Waals surface area contributed by atoms with Gasteiger partial charge in [-0.2, -0.15) is 0 Å². The second-order valence-corrected chi connectivity index (χ2v) is 4.47. The maximum atomic E-state index is 9.89. The lowest BCUT2D eigenvalue weighted by atomic mass is 10.0. The van der Waals surface area contributed by atoms with Crippen LogP contribution in [0.5, 0.6) is 5.75 Å². The molecule has 0 saturated carbocycles. The van der Waals surface area contributed by atoms with Crippen molar-refractivity contribution in [3.8, 4) is 5.75 Å². The smallest absolute Gasteiger partial charge is 0.138 e. The number of halogens is 1. The fraction of sp³-hybridized carbons (Fsp3) is 0.500. The molecule has 2 atom stereocenters. The van der Waals surface area contributed by atoms with Gasteiger partial charge in [0.25, 0.3) is 0 Å². The first-order valence-corrected chi connectivity index (χ1v) is 5.91. The first-order chi connectivity index (χ1) is 7.77. The van der Waals surface area contributed by atoms with E-state index in [0.717, 1.165) is 19.5 Å². The molecule has 2 rings (SSSR count). The van der Waals surface area contributed by atoms with E-state index in [-0.39, 0.29) is 0 Å². The van der Waals surface area contributed by atoms with Crippen molar-refractivity contribution in [3.63, 3.8) is 0 Å². The maximum Gasteiger partial charge on any atom is 0.138 e. The molecule has 0 amide bonds. The molecule has 88 valence electrons. The second kappa shape index (κ2) is 5.53. The Balaban J connectivity index is 1.84. The molecule has 2 N–H and O–H groups in total. The second-order valence-electron chi connectivity index (χ2n) is 4.06. The minimum absolute atomic E-state index is 0.294. The Morgan fingerprint density at radius 3 is 3.00 bits per heavy atom. The summed E-state index contributed by atoms with van der Waals surface area (Å²) in [5.41, 5.74) is 0. The summed E-state index contributed by atoms with van der Waals surface area (Å²) in [6, 6.07) is 7.31. The van der Waals surface area contributed by atoms with E-state index in [1.165, 1.54) is 0 Å². The van der Waals surface area contributed by atoms with Crippen LogP contribution in [-0.4, -0.2) is 30.9 Å². The van der Waals surface area contributed by atoms with Crippen LogP contribution in [0.25, 0.3) is 0 Å². The summed E-state index contributed by atoms with van der Waals surface area (Å²) in [5.74, 6) is 0.927. The topological polar surface area (TPSA) is 41.5 Å². The van der Waals surface area contributed by atoms with Crippen LogP contribution in [0.15, 0.2) is 24.3 Å². The highest BCUT2D eigenvalue weighted by Crippen LogP contribution is 2.24. The average Bonchev–Trinajstić information content (AvgIpc) is 2.81. The van der Waals surface area contributed by atoms with Gasteiger partial charge in [0.1, 0.15) is 12.4 Å². The molecule has 0 aromatic heterocycles. The first kappa shape index (κ1) is 11.7. The molecule has 16 heavy (non-hydrogen) atoms. The Labute approximate surface area is 100 Å². The number of hydrogen-bond donors (Lipinski definition) is 2. The predicted molar refractivity (Wildman–Crippen MR) is 63.9 cm³/mol. The molecule has 0 bridgehead atoms. The first-order valence-electron chi connectivity index (χ1n) is 5.53. The molecule has 1 fully saturated rings. The molecule has 1 aromatic carbocycles. The molecule has 0 aliphatic carbocycles. The van der Waals surface area contributed by atoms with Crippen LogP contribution in [-0.2, 0) is 0 Å². The summed E-state index contributed by atoms with van der Waals surface area (Å²) in [7, 11) is 0. The van der Waals surface area contributed by atoms with Crippen molar-refractivity contribution in [1.82, 2.24) is 5.32 Å². The summed E-state index contributed by atoms with van der Waals surface area (Å²) in [6.07, 6.45) is 0.582. The summed E-state index contributed by atoms with van der Waals surface area (Å²) in [6.45, 7) is 2.15. The molecule has 0 spiro atoms. The van der Waals surface area contributed by atoms with Crippen LogP contribution in [0.4, 0.5) is 0 Å². The zero-order valence-electron chi connectivity index (χ0n) is 9.03. The minimum Gasteiger partial charge on any atom is -0.489 e. The molecule has 1 aliphatic rings. The van der Waals surface area contributed by atoms with Crippen molar-refractivity contribution in [1.29, 1.82) is 0 Å². The van der Waals surface area contributed by atoms with Gasteiger partial charge in [-0.05, 0) is 25.1 Å². The van der Waals surface area contributed by atoms with E-state index in [2.05, 4.69) is 5.32 Å². The van der Waals surface area contributed by atoms with Gasteiger partial charge in [-0.15, -0.1) is 0 Å². The van der Waals surface area contributed by atoms with Gasteiger partial charge in [0.2, 0.25) is 0 Å². The Hall–Kier alpha value is -0.770. The molecule has 4 heteroatoms. The van der Waals surface area contributed by atoms with E-state index in [9.17, 15) is 5.11 Å². The standard InChI is InChI=1S/C12H16ClNO2/c13-10-3-1-2-4-12(10)16-8-11(15)9-5-6-14-7-9/h1-4,9,11,14-15H,5-8H2.